The smallest absolute Gasteiger partial charge is 0.305 e. The van der Waals surface area contributed by atoms with E-state index >= 15 is 0 Å². The van der Waals surface area contributed by atoms with Crippen molar-refractivity contribution >= 4 is 11.9 Å². The highest BCUT2D eigenvalue weighted by Gasteiger charge is 2.15. The fraction of sp³-hybridized carbons (Fsp3) is 0.429. The summed E-state index contributed by atoms with van der Waals surface area (Å²) >= 11 is 0. The maximum absolute atomic E-state index is 11.7. The second-order valence-electron chi connectivity index (χ2n) is 4.54. The summed E-state index contributed by atoms with van der Waals surface area (Å²) in [5.41, 5.74) is 8.08. The van der Waals surface area contributed by atoms with Gasteiger partial charge in [-0.1, -0.05) is 29.9 Å². The molecule has 0 spiro atoms. The molecule has 1 aliphatic carbocycles. The molecular weight excluding hydrogens is 244 g/mol. The zero-order chi connectivity index (χ0) is 14.3. The highest BCUT2D eigenvalue weighted by atomic mass is 16.4. The molecule has 5 nitrogen and oxygen atoms in total. The Kier molecular flexibility index (Phi) is 6.02. The standard InChI is InChI=1S/C14H20N2O3/c1-10-5-3-2-4-6-11(10)9-12(15)14(19)16-8-7-13(17)18/h2-4,6,12H,5,7-9,15H2,1H3,(H,16,19)(H,17,18)/t12-/m0/s1. The van der Waals surface area contributed by atoms with E-state index in [0.717, 1.165) is 12.0 Å². The molecule has 0 aromatic carbocycles. The topological polar surface area (TPSA) is 92.4 Å². The van der Waals surface area contributed by atoms with Gasteiger partial charge in [-0.3, -0.25) is 9.59 Å². The van der Waals surface area contributed by atoms with Crippen LogP contribution in [-0.2, 0) is 9.59 Å². The van der Waals surface area contributed by atoms with Gasteiger partial charge in [0.1, 0.15) is 0 Å². The predicted octanol–water partition coefficient (Wildman–Crippen LogP) is 1.13. The Morgan fingerprint density at radius 2 is 2.21 bits per heavy atom. The molecule has 1 atom stereocenters. The number of carbonyl (C=O) groups is 2. The number of carboxylic acid groups (broad SMARTS) is 1. The van der Waals surface area contributed by atoms with Crippen molar-refractivity contribution in [1.29, 1.82) is 0 Å². The minimum atomic E-state index is -0.940. The van der Waals surface area contributed by atoms with E-state index in [1.165, 1.54) is 5.57 Å². The normalized spacial score (nSPS) is 16.1. The van der Waals surface area contributed by atoms with E-state index in [1.807, 2.05) is 25.2 Å². The first-order valence-corrected chi connectivity index (χ1v) is 6.27. The lowest BCUT2D eigenvalue weighted by Gasteiger charge is -2.14. The highest BCUT2D eigenvalue weighted by Crippen LogP contribution is 2.18. The van der Waals surface area contributed by atoms with Crippen molar-refractivity contribution in [3.8, 4) is 0 Å². The van der Waals surface area contributed by atoms with Crippen molar-refractivity contribution in [2.45, 2.75) is 32.2 Å². The summed E-state index contributed by atoms with van der Waals surface area (Å²) in [5, 5.41) is 11.0. The molecule has 0 aliphatic heterocycles. The lowest BCUT2D eigenvalue weighted by Crippen LogP contribution is -2.41. The van der Waals surface area contributed by atoms with Crippen LogP contribution in [0.5, 0.6) is 0 Å². The Bertz CT molecular complexity index is 436. The van der Waals surface area contributed by atoms with Gasteiger partial charge in [0.15, 0.2) is 0 Å². The Morgan fingerprint density at radius 3 is 2.89 bits per heavy atom. The number of carbonyl (C=O) groups excluding carboxylic acids is 1. The molecule has 4 N–H and O–H groups in total. The van der Waals surface area contributed by atoms with Crippen molar-refractivity contribution in [3.05, 3.63) is 35.5 Å². The quantitative estimate of drug-likeness (QED) is 0.670. The molecule has 1 rings (SSSR count). The first-order chi connectivity index (χ1) is 9.00. The van der Waals surface area contributed by atoms with Crippen LogP contribution in [0.1, 0.15) is 26.2 Å². The van der Waals surface area contributed by atoms with Gasteiger partial charge in [0.05, 0.1) is 12.5 Å². The molecule has 0 aromatic heterocycles. The first kappa shape index (κ1) is 15.2. The van der Waals surface area contributed by atoms with Crippen LogP contribution in [0.4, 0.5) is 0 Å². The van der Waals surface area contributed by atoms with Gasteiger partial charge in [-0.2, -0.15) is 0 Å². The molecule has 0 aromatic rings. The molecular formula is C14H20N2O3. The number of hydrogen-bond donors (Lipinski definition) is 3. The fourth-order valence-corrected chi connectivity index (χ4v) is 1.76. The molecule has 1 amide bonds. The van der Waals surface area contributed by atoms with Crippen molar-refractivity contribution in [3.63, 3.8) is 0 Å². The van der Waals surface area contributed by atoms with E-state index in [-0.39, 0.29) is 18.9 Å². The molecule has 5 heteroatoms. The first-order valence-electron chi connectivity index (χ1n) is 6.27. The number of nitrogens with two attached hydrogens (primary N) is 1. The molecule has 0 saturated heterocycles. The van der Waals surface area contributed by atoms with E-state index in [1.54, 1.807) is 0 Å². The number of carboxylic acids is 1. The predicted molar refractivity (Wildman–Crippen MR) is 73.5 cm³/mol. The highest BCUT2D eigenvalue weighted by molar-refractivity contribution is 5.82. The molecule has 0 heterocycles. The Morgan fingerprint density at radius 1 is 1.47 bits per heavy atom. The average Bonchev–Trinajstić information content (AvgIpc) is 2.54. The Balaban J connectivity index is 2.47. The number of aliphatic carboxylic acids is 1. The van der Waals surface area contributed by atoms with E-state index in [9.17, 15) is 9.59 Å². The SMILES string of the molecule is CC1=C(C[C@H](N)C(=O)NCCC(=O)O)C=CC=CC1. The summed E-state index contributed by atoms with van der Waals surface area (Å²) in [5.74, 6) is -1.25. The van der Waals surface area contributed by atoms with Gasteiger partial charge in [0, 0.05) is 6.54 Å². The second-order valence-corrected chi connectivity index (χ2v) is 4.54. The number of nitrogens with one attached hydrogen (secondary N) is 1. The molecule has 0 radical (unpaired) electrons. The molecule has 1 aliphatic rings. The number of hydrogen-bond acceptors (Lipinski definition) is 3. The van der Waals surface area contributed by atoms with Crippen LogP contribution in [0.15, 0.2) is 35.5 Å². The van der Waals surface area contributed by atoms with Crippen LogP contribution < -0.4 is 11.1 Å². The van der Waals surface area contributed by atoms with E-state index in [2.05, 4.69) is 11.4 Å². The van der Waals surface area contributed by atoms with Crippen LogP contribution in [0.3, 0.4) is 0 Å². The minimum absolute atomic E-state index is 0.0932. The van der Waals surface area contributed by atoms with Gasteiger partial charge in [-0.05, 0) is 25.3 Å². The van der Waals surface area contributed by atoms with E-state index in [0.29, 0.717) is 6.42 Å². The second kappa shape index (κ2) is 7.53. The van der Waals surface area contributed by atoms with Gasteiger partial charge in [-0.25, -0.2) is 0 Å². The van der Waals surface area contributed by atoms with Gasteiger partial charge >= 0.3 is 5.97 Å². The minimum Gasteiger partial charge on any atom is -0.481 e. The third-order valence-corrected chi connectivity index (χ3v) is 2.93. The van der Waals surface area contributed by atoms with Crippen LogP contribution >= 0.6 is 0 Å². The average molecular weight is 264 g/mol. The van der Waals surface area contributed by atoms with Crippen molar-refractivity contribution in [2.75, 3.05) is 6.54 Å². The van der Waals surface area contributed by atoms with Gasteiger partial charge < -0.3 is 16.2 Å². The molecule has 0 unspecified atom stereocenters. The number of rotatable bonds is 6. The Hall–Kier alpha value is -1.88. The van der Waals surface area contributed by atoms with Crippen LogP contribution in [0, 0.1) is 0 Å². The third kappa shape index (κ3) is 5.52. The molecule has 0 bridgehead atoms. The lowest BCUT2D eigenvalue weighted by atomic mass is 10.00. The summed E-state index contributed by atoms with van der Waals surface area (Å²) in [7, 11) is 0. The molecule has 0 fully saturated rings. The van der Waals surface area contributed by atoms with Crippen LogP contribution in [0.25, 0.3) is 0 Å². The van der Waals surface area contributed by atoms with Crippen LogP contribution in [0.2, 0.25) is 0 Å². The van der Waals surface area contributed by atoms with Gasteiger partial charge in [0.2, 0.25) is 5.91 Å². The number of allylic oxidation sites excluding steroid dienone is 5. The van der Waals surface area contributed by atoms with Crippen molar-refractivity contribution in [1.82, 2.24) is 5.32 Å². The van der Waals surface area contributed by atoms with Crippen molar-refractivity contribution < 1.29 is 14.7 Å². The summed E-state index contributed by atoms with van der Waals surface area (Å²) in [6, 6.07) is -0.651. The number of amides is 1. The third-order valence-electron chi connectivity index (χ3n) is 2.93. The Labute approximate surface area is 112 Å². The van der Waals surface area contributed by atoms with Crippen LogP contribution in [-0.4, -0.2) is 29.6 Å². The lowest BCUT2D eigenvalue weighted by molar-refractivity contribution is -0.136. The van der Waals surface area contributed by atoms with Crippen molar-refractivity contribution in [2.24, 2.45) is 5.73 Å². The summed E-state index contributed by atoms with van der Waals surface area (Å²) in [4.78, 5) is 22.0. The van der Waals surface area contributed by atoms with Gasteiger partial charge in [0.25, 0.3) is 0 Å². The monoisotopic (exact) mass is 264 g/mol. The summed E-state index contributed by atoms with van der Waals surface area (Å²) in [6.07, 6.45) is 9.14. The van der Waals surface area contributed by atoms with E-state index in [4.69, 9.17) is 10.8 Å². The summed E-state index contributed by atoms with van der Waals surface area (Å²) in [6.45, 7) is 2.13. The zero-order valence-electron chi connectivity index (χ0n) is 11.1. The maximum atomic E-state index is 11.7. The summed E-state index contributed by atoms with van der Waals surface area (Å²) < 4.78 is 0. The molecule has 19 heavy (non-hydrogen) atoms. The molecule has 104 valence electrons. The van der Waals surface area contributed by atoms with E-state index < -0.39 is 12.0 Å². The molecule has 0 saturated carbocycles. The fourth-order valence-electron chi connectivity index (χ4n) is 1.76. The maximum Gasteiger partial charge on any atom is 0.305 e. The van der Waals surface area contributed by atoms with Gasteiger partial charge in [-0.15, -0.1) is 0 Å². The zero-order valence-corrected chi connectivity index (χ0v) is 11.1. The largest absolute Gasteiger partial charge is 0.481 e.